The van der Waals surface area contributed by atoms with Gasteiger partial charge in [-0.3, -0.25) is 9.78 Å². The van der Waals surface area contributed by atoms with Gasteiger partial charge in [0, 0.05) is 12.7 Å². The lowest BCUT2D eigenvalue weighted by molar-refractivity contribution is -0.107. The molecule has 1 aromatic heterocycles. The molecular formula is C9H10N2O. The molecule has 2 heterocycles. The smallest absolute Gasteiger partial charge is 0.214 e. The van der Waals surface area contributed by atoms with Crippen LogP contribution in [0.1, 0.15) is 12.1 Å². The second-order valence-corrected chi connectivity index (χ2v) is 2.87. The van der Waals surface area contributed by atoms with Crippen molar-refractivity contribution in [1.29, 1.82) is 0 Å². The topological polar surface area (TPSA) is 33.2 Å². The zero-order chi connectivity index (χ0) is 8.39. The summed E-state index contributed by atoms with van der Waals surface area (Å²) in [5.74, 6) is 0. The average molecular weight is 162 g/mol. The van der Waals surface area contributed by atoms with Crippen molar-refractivity contribution in [2.45, 2.75) is 12.8 Å². The molecule has 0 fully saturated rings. The molecule has 0 spiro atoms. The first-order chi connectivity index (χ1) is 5.92. The number of amides is 1. The molecule has 12 heavy (non-hydrogen) atoms. The molecule has 0 unspecified atom stereocenters. The van der Waals surface area contributed by atoms with Crippen LogP contribution < -0.4 is 4.90 Å². The van der Waals surface area contributed by atoms with Crippen molar-refractivity contribution in [3.05, 3.63) is 24.0 Å². The summed E-state index contributed by atoms with van der Waals surface area (Å²) in [6.07, 6.45) is 4.65. The second kappa shape index (κ2) is 2.93. The Bertz CT molecular complexity index is 298. The molecule has 0 radical (unpaired) electrons. The monoisotopic (exact) mass is 162 g/mol. The van der Waals surface area contributed by atoms with Crippen LogP contribution >= 0.6 is 0 Å². The minimum atomic E-state index is 0.822. The van der Waals surface area contributed by atoms with Crippen LogP contribution in [0.3, 0.4) is 0 Å². The van der Waals surface area contributed by atoms with Gasteiger partial charge in [0.15, 0.2) is 0 Å². The summed E-state index contributed by atoms with van der Waals surface area (Å²) >= 11 is 0. The highest BCUT2D eigenvalue weighted by Crippen LogP contribution is 2.22. The van der Waals surface area contributed by atoms with Crippen molar-refractivity contribution in [3.63, 3.8) is 0 Å². The molecule has 0 saturated carbocycles. The van der Waals surface area contributed by atoms with Crippen LogP contribution in [0.15, 0.2) is 18.3 Å². The lowest BCUT2D eigenvalue weighted by Crippen LogP contribution is -2.28. The third kappa shape index (κ3) is 1.07. The Labute approximate surface area is 71.0 Å². The fourth-order valence-electron chi connectivity index (χ4n) is 1.53. The summed E-state index contributed by atoms with van der Waals surface area (Å²) in [5, 5.41) is 0. The largest absolute Gasteiger partial charge is 0.313 e. The molecule has 3 heteroatoms. The number of fused-ring (bicyclic) bond motifs is 1. The van der Waals surface area contributed by atoms with Gasteiger partial charge in [-0.15, -0.1) is 0 Å². The fraction of sp³-hybridized carbons (Fsp3) is 0.333. The van der Waals surface area contributed by atoms with Gasteiger partial charge >= 0.3 is 0 Å². The van der Waals surface area contributed by atoms with E-state index >= 15 is 0 Å². The Morgan fingerprint density at radius 1 is 1.58 bits per heavy atom. The van der Waals surface area contributed by atoms with Crippen molar-refractivity contribution in [1.82, 2.24) is 4.98 Å². The minimum Gasteiger partial charge on any atom is -0.313 e. The summed E-state index contributed by atoms with van der Waals surface area (Å²) in [7, 11) is 0. The van der Waals surface area contributed by atoms with Gasteiger partial charge in [-0.1, -0.05) is 0 Å². The maximum absolute atomic E-state index is 10.6. The summed E-state index contributed by atoms with van der Waals surface area (Å²) < 4.78 is 0. The van der Waals surface area contributed by atoms with E-state index in [1.165, 1.54) is 0 Å². The van der Waals surface area contributed by atoms with Crippen LogP contribution in [0.4, 0.5) is 5.69 Å². The van der Waals surface area contributed by atoms with Crippen LogP contribution in [0, 0.1) is 0 Å². The highest BCUT2D eigenvalue weighted by atomic mass is 16.1. The predicted molar refractivity (Wildman–Crippen MR) is 46.0 cm³/mol. The van der Waals surface area contributed by atoms with Crippen molar-refractivity contribution in [2.24, 2.45) is 0 Å². The number of carbonyl (C=O) groups excluding carboxylic acids is 1. The van der Waals surface area contributed by atoms with Gasteiger partial charge in [-0.05, 0) is 25.0 Å². The number of anilines is 1. The van der Waals surface area contributed by atoms with E-state index in [-0.39, 0.29) is 0 Å². The number of hydrogen-bond donors (Lipinski definition) is 0. The molecule has 0 aromatic carbocycles. The van der Waals surface area contributed by atoms with Crippen LogP contribution in [0.2, 0.25) is 0 Å². The second-order valence-electron chi connectivity index (χ2n) is 2.87. The molecule has 62 valence electrons. The minimum absolute atomic E-state index is 0.822. The van der Waals surface area contributed by atoms with E-state index in [0.717, 1.165) is 37.2 Å². The van der Waals surface area contributed by atoms with Gasteiger partial charge in [0.1, 0.15) is 0 Å². The number of aromatic nitrogens is 1. The van der Waals surface area contributed by atoms with Gasteiger partial charge in [0.25, 0.3) is 0 Å². The van der Waals surface area contributed by atoms with E-state index in [2.05, 4.69) is 4.98 Å². The maximum Gasteiger partial charge on any atom is 0.214 e. The molecule has 0 atom stereocenters. The Kier molecular flexibility index (Phi) is 1.78. The van der Waals surface area contributed by atoms with Gasteiger partial charge in [0.05, 0.1) is 11.4 Å². The van der Waals surface area contributed by atoms with Crippen molar-refractivity contribution in [3.8, 4) is 0 Å². The van der Waals surface area contributed by atoms with Crippen molar-refractivity contribution in [2.75, 3.05) is 11.4 Å². The summed E-state index contributed by atoms with van der Waals surface area (Å²) in [6.45, 7) is 0.822. The predicted octanol–water partition coefficient (Wildman–Crippen LogP) is 0.991. The number of hydrogen-bond acceptors (Lipinski definition) is 2. The zero-order valence-corrected chi connectivity index (χ0v) is 6.73. The molecule has 0 saturated heterocycles. The van der Waals surface area contributed by atoms with Crippen molar-refractivity contribution >= 4 is 12.1 Å². The Hall–Kier alpha value is -1.38. The lowest BCUT2D eigenvalue weighted by atomic mass is 10.1. The Morgan fingerprint density at radius 2 is 2.50 bits per heavy atom. The highest BCUT2D eigenvalue weighted by molar-refractivity contribution is 5.76. The number of rotatable bonds is 1. The zero-order valence-electron chi connectivity index (χ0n) is 6.73. The standard InChI is InChI=1S/C9H10N2O/c12-7-11-6-2-3-8-9(11)4-1-5-10-8/h1,4-5,7H,2-3,6H2. The Balaban J connectivity index is 2.43. The Morgan fingerprint density at radius 3 is 3.33 bits per heavy atom. The van der Waals surface area contributed by atoms with Crippen LogP contribution in [-0.2, 0) is 11.2 Å². The van der Waals surface area contributed by atoms with Crippen LogP contribution in [-0.4, -0.2) is 17.9 Å². The molecule has 2 rings (SSSR count). The van der Waals surface area contributed by atoms with E-state index < -0.39 is 0 Å². The third-order valence-corrected chi connectivity index (χ3v) is 2.12. The SMILES string of the molecule is O=CN1CCCc2ncccc21. The van der Waals surface area contributed by atoms with E-state index in [1.807, 2.05) is 12.1 Å². The summed E-state index contributed by atoms with van der Waals surface area (Å²) in [6, 6.07) is 3.80. The quantitative estimate of drug-likeness (QED) is 0.577. The van der Waals surface area contributed by atoms with E-state index in [0.29, 0.717) is 0 Å². The number of nitrogens with zero attached hydrogens (tertiary/aromatic N) is 2. The van der Waals surface area contributed by atoms with Gasteiger partial charge in [-0.25, -0.2) is 0 Å². The molecule has 0 bridgehead atoms. The first kappa shape index (κ1) is 7.28. The van der Waals surface area contributed by atoms with Crippen LogP contribution in [0.5, 0.6) is 0 Å². The normalized spacial score (nSPS) is 15.5. The first-order valence-corrected chi connectivity index (χ1v) is 4.07. The summed E-state index contributed by atoms with van der Waals surface area (Å²) in [4.78, 5) is 16.6. The number of pyridine rings is 1. The molecule has 3 nitrogen and oxygen atoms in total. The fourth-order valence-corrected chi connectivity index (χ4v) is 1.53. The number of aryl methyl sites for hydroxylation is 1. The summed E-state index contributed by atoms with van der Waals surface area (Å²) in [5.41, 5.74) is 2.01. The van der Waals surface area contributed by atoms with E-state index in [1.54, 1.807) is 11.1 Å². The van der Waals surface area contributed by atoms with E-state index in [9.17, 15) is 4.79 Å². The average Bonchev–Trinajstić information content (AvgIpc) is 2.17. The van der Waals surface area contributed by atoms with Gasteiger partial charge < -0.3 is 4.90 Å². The molecule has 1 aliphatic heterocycles. The third-order valence-electron chi connectivity index (χ3n) is 2.12. The highest BCUT2D eigenvalue weighted by Gasteiger charge is 2.15. The van der Waals surface area contributed by atoms with Crippen LogP contribution in [0.25, 0.3) is 0 Å². The van der Waals surface area contributed by atoms with E-state index in [4.69, 9.17) is 0 Å². The van der Waals surface area contributed by atoms with Gasteiger partial charge in [-0.2, -0.15) is 0 Å². The maximum atomic E-state index is 10.6. The first-order valence-electron chi connectivity index (χ1n) is 4.07. The number of carbonyl (C=O) groups is 1. The van der Waals surface area contributed by atoms with Crippen molar-refractivity contribution < 1.29 is 4.79 Å². The molecule has 0 aliphatic carbocycles. The molecule has 1 aliphatic rings. The molecule has 1 amide bonds. The molecule has 1 aromatic rings. The molecular weight excluding hydrogens is 152 g/mol. The van der Waals surface area contributed by atoms with Gasteiger partial charge in [0.2, 0.25) is 6.41 Å². The molecule has 0 N–H and O–H groups in total. The lowest BCUT2D eigenvalue weighted by Gasteiger charge is -2.24.